The van der Waals surface area contributed by atoms with Crippen LogP contribution in [0.25, 0.3) is 0 Å². The van der Waals surface area contributed by atoms with E-state index < -0.39 is 0 Å². The predicted molar refractivity (Wildman–Crippen MR) is 105 cm³/mol. The molecular weight excluding hydrogens is 355 g/mol. The van der Waals surface area contributed by atoms with E-state index in [9.17, 15) is 4.79 Å². The lowest BCUT2D eigenvalue weighted by Gasteiger charge is -2.20. The number of nitrogens with one attached hydrogen (secondary N) is 1. The molecule has 0 unspecified atom stereocenters. The third-order valence-electron chi connectivity index (χ3n) is 4.28. The van der Waals surface area contributed by atoms with Gasteiger partial charge in [0.1, 0.15) is 0 Å². The van der Waals surface area contributed by atoms with E-state index in [2.05, 4.69) is 36.2 Å². The van der Waals surface area contributed by atoms with Crippen LogP contribution in [0.15, 0.2) is 42.5 Å². The van der Waals surface area contributed by atoms with E-state index >= 15 is 0 Å². The first-order valence-electron chi connectivity index (χ1n) is 8.53. The van der Waals surface area contributed by atoms with Crippen molar-refractivity contribution in [2.24, 2.45) is 0 Å². The molecule has 0 radical (unpaired) electrons. The molecule has 0 aromatic heterocycles. The van der Waals surface area contributed by atoms with E-state index in [1.807, 2.05) is 12.1 Å². The second kappa shape index (κ2) is 9.81. The van der Waals surface area contributed by atoms with Crippen molar-refractivity contribution in [1.29, 1.82) is 0 Å². The average molecular weight is 379 g/mol. The Labute approximate surface area is 159 Å². The maximum absolute atomic E-state index is 12.3. The molecule has 0 aliphatic heterocycles. The normalized spacial score (nSPS) is 10.9. The Kier molecular flexibility index (Phi) is 7.76. The highest BCUT2D eigenvalue weighted by atomic mass is 35.5. The number of hydrogen-bond acceptors (Lipinski definition) is 2. The van der Waals surface area contributed by atoms with Gasteiger partial charge in [-0.2, -0.15) is 0 Å². The summed E-state index contributed by atoms with van der Waals surface area (Å²) in [5.41, 5.74) is 3.04. The van der Waals surface area contributed by atoms with Gasteiger partial charge in [0.05, 0.1) is 6.42 Å². The van der Waals surface area contributed by atoms with Crippen molar-refractivity contribution >= 4 is 29.1 Å². The second-order valence-corrected chi connectivity index (χ2v) is 6.70. The topological polar surface area (TPSA) is 32.3 Å². The zero-order chi connectivity index (χ0) is 18.2. The van der Waals surface area contributed by atoms with Crippen LogP contribution >= 0.6 is 23.2 Å². The third-order valence-corrected chi connectivity index (χ3v) is 4.99. The highest BCUT2D eigenvalue weighted by molar-refractivity contribution is 6.36. The smallest absolute Gasteiger partial charge is 0.224 e. The van der Waals surface area contributed by atoms with Crippen LogP contribution in [0.5, 0.6) is 0 Å². The molecule has 0 bridgehead atoms. The van der Waals surface area contributed by atoms with E-state index in [0.29, 0.717) is 22.2 Å². The van der Waals surface area contributed by atoms with Gasteiger partial charge < -0.3 is 5.32 Å². The fourth-order valence-electron chi connectivity index (χ4n) is 2.69. The molecule has 3 nitrogen and oxygen atoms in total. The lowest BCUT2D eigenvalue weighted by molar-refractivity contribution is -0.120. The summed E-state index contributed by atoms with van der Waals surface area (Å²) in [7, 11) is 0. The number of nitrogens with zero attached hydrogens (tertiary/aromatic N) is 1. The highest BCUT2D eigenvalue weighted by Crippen LogP contribution is 2.24. The minimum atomic E-state index is -0.0901. The molecule has 134 valence electrons. The van der Waals surface area contributed by atoms with Crippen LogP contribution in [0.1, 0.15) is 30.5 Å². The lowest BCUT2D eigenvalue weighted by Crippen LogP contribution is -2.27. The summed E-state index contributed by atoms with van der Waals surface area (Å²) in [6.07, 6.45) is 0.177. The van der Waals surface area contributed by atoms with Crippen LogP contribution < -0.4 is 5.32 Å². The molecule has 0 saturated carbocycles. The Balaban J connectivity index is 2.00. The zero-order valence-corrected chi connectivity index (χ0v) is 16.2. The van der Waals surface area contributed by atoms with E-state index in [0.717, 1.165) is 25.2 Å². The third kappa shape index (κ3) is 5.74. The summed E-state index contributed by atoms with van der Waals surface area (Å²) in [4.78, 5) is 14.6. The second-order valence-electron chi connectivity index (χ2n) is 5.88. The maximum Gasteiger partial charge on any atom is 0.224 e. The molecule has 25 heavy (non-hydrogen) atoms. The number of carbonyl (C=O) groups excluding carboxylic acids is 1. The summed E-state index contributed by atoms with van der Waals surface area (Å²) < 4.78 is 0. The molecule has 0 saturated heterocycles. The summed E-state index contributed by atoms with van der Waals surface area (Å²) >= 11 is 12.3. The Morgan fingerprint density at radius 3 is 2.16 bits per heavy atom. The number of benzene rings is 2. The van der Waals surface area contributed by atoms with Crippen molar-refractivity contribution in [2.75, 3.05) is 13.1 Å². The molecule has 2 rings (SSSR count). The molecule has 0 atom stereocenters. The number of amides is 1. The molecule has 2 aromatic rings. The van der Waals surface area contributed by atoms with Crippen molar-refractivity contribution in [2.45, 2.75) is 33.4 Å². The monoisotopic (exact) mass is 378 g/mol. The molecular formula is C20H24Cl2N2O. The van der Waals surface area contributed by atoms with Gasteiger partial charge in [-0.3, -0.25) is 9.69 Å². The largest absolute Gasteiger partial charge is 0.352 e. The molecule has 1 N–H and O–H groups in total. The first kappa shape index (κ1) is 19.8. The van der Waals surface area contributed by atoms with E-state index in [1.165, 1.54) is 5.56 Å². The van der Waals surface area contributed by atoms with Crippen LogP contribution in [-0.4, -0.2) is 23.9 Å². The van der Waals surface area contributed by atoms with Gasteiger partial charge in [0, 0.05) is 23.1 Å². The zero-order valence-electron chi connectivity index (χ0n) is 14.7. The van der Waals surface area contributed by atoms with E-state index in [-0.39, 0.29) is 12.3 Å². The molecule has 0 spiro atoms. The minimum Gasteiger partial charge on any atom is -0.352 e. The number of hydrogen-bond donors (Lipinski definition) is 1. The Morgan fingerprint density at radius 1 is 0.960 bits per heavy atom. The van der Waals surface area contributed by atoms with Gasteiger partial charge in [-0.05, 0) is 41.9 Å². The summed E-state index contributed by atoms with van der Waals surface area (Å²) in [5, 5.41) is 4.01. The van der Waals surface area contributed by atoms with Gasteiger partial charge in [0.2, 0.25) is 5.91 Å². The highest BCUT2D eigenvalue weighted by Gasteiger charge is 2.12. The van der Waals surface area contributed by atoms with Crippen molar-refractivity contribution < 1.29 is 4.79 Å². The maximum atomic E-state index is 12.3. The fraction of sp³-hybridized carbons (Fsp3) is 0.350. The number of carbonyl (C=O) groups is 1. The van der Waals surface area contributed by atoms with Gasteiger partial charge in [0.25, 0.3) is 0 Å². The van der Waals surface area contributed by atoms with Gasteiger partial charge >= 0.3 is 0 Å². The van der Waals surface area contributed by atoms with Crippen LogP contribution in [0, 0.1) is 0 Å². The average Bonchev–Trinajstić information content (AvgIpc) is 2.62. The van der Waals surface area contributed by atoms with Gasteiger partial charge in [0.15, 0.2) is 0 Å². The van der Waals surface area contributed by atoms with Crippen molar-refractivity contribution in [3.05, 3.63) is 69.2 Å². The molecule has 2 aromatic carbocycles. The molecule has 0 heterocycles. The fourth-order valence-corrected chi connectivity index (χ4v) is 3.22. The van der Waals surface area contributed by atoms with Crippen molar-refractivity contribution in [3.63, 3.8) is 0 Å². The quantitative estimate of drug-likeness (QED) is 0.722. The molecule has 0 aliphatic carbocycles. The van der Waals surface area contributed by atoms with Crippen LogP contribution in [0.4, 0.5) is 0 Å². The van der Waals surface area contributed by atoms with Crippen LogP contribution in [-0.2, 0) is 24.3 Å². The summed E-state index contributed by atoms with van der Waals surface area (Å²) in [6, 6.07) is 13.5. The van der Waals surface area contributed by atoms with E-state index in [4.69, 9.17) is 23.2 Å². The number of rotatable bonds is 8. The molecule has 1 amide bonds. The van der Waals surface area contributed by atoms with Crippen molar-refractivity contribution in [1.82, 2.24) is 10.2 Å². The first-order chi connectivity index (χ1) is 12.0. The standard InChI is InChI=1S/C20H24Cl2N2O/c1-3-24(4-2)14-16-9-6-5-8-15(16)13-23-20(25)12-17-18(21)10-7-11-19(17)22/h5-11H,3-4,12-14H2,1-2H3,(H,23,25). The Morgan fingerprint density at radius 2 is 1.56 bits per heavy atom. The van der Waals surface area contributed by atoms with Gasteiger partial charge in [-0.1, -0.05) is 67.4 Å². The SMILES string of the molecule is CCN(CC)Cc1ccccc1CNC(=O)Cc1c(Cl)cccc1Cl. The van der Waals surface area contributed by atoms with Crippen LogP contribution in [0.2, 0.25) is 10.0 Å². The first-order valence-corrected chi connectivity index (χ1v) is 9.29. The van der Waals surface area contributed by atoms with Gasteiger partial charge in [-0.15, -0.1) is 0 Å². The Hall–Kier alpha value is -1.55. The minimum absolute atomic E-state index is 0.0901. The Bertz CT molecular complexity index is 694. The predicted octanol–water partition coefficient (Wildman–Crippen LogP) is 4.69. The van der Waals surface area contributed by atoms with Crippen molar-refractivity contribution in [3.8, 4) is 0 Å². The lowest BCUT2D eigenvalue weighted by atomic mass is 10.1. The number of halogens is 2. The molecule has 0 aliphatic rings. The van der Waals surface area contributed by atoms with E-state index in [1.54, 1.807) is 18.2 Å². The summed E-state index contributed by atoms with van der Waals surface area (Å²) in [5.74, 6) is -0.0901. The molecule has 5 heteroatoms. The summed E-state index contributed by atoms with van der Waals surface area (Å²) in [6.45, 7) is 7.70. The van der Waals surface area contributed by atoms with Crippen LogP contribution in [0.3, 0.4) is 0 Å². The molecule has 0 fully saturated rings. The van der Waals surface area contributed by atoms with Gasteiger partial charge in [-0.25, -0.2) is 0 Å².